The minimum atomic E-state index is 0.0489. The fraction of sp³-hybridized carbons (Fsp3) is 0.382. The zero-order valence-corrected chi connectivity index (χ0v) is 45.6. The van der Waals surface area contributed by atoms with E-state index in [0.717, 1.165) is 52.8 Å². The van der Waals surface area contributed by atoms with Crippen LogP contribution in [0.1, 0.15) is 166 Å². The van der Waals surface area contributed by atoms with Crippen molar-refractivity contribution < 1.29 is 4.42 Å². The van der Waals surface area contributed by atoms with E-state index in [2.05, 4.69) is 230 Å². The molecular formula is C68H74BN2O. The highest BCUT2D eigenvalue weighted by Gasteiger charge is 2.41. The summed E-state index contributed by atoms with van der Waals surface area (Å²) in [6.07, 6.45) is 7.02. The van der Waals surface area contributed by atoms with Crippen molar-refractivity contribution in [2.24, 2.45) is 0 Å². The first kappa shape index (κ1) is 47.0. The summed E-state index contributed by atoms with van der Waals surface area (Å²) < 4.78 is 7.43. The molecule has 365 valence electrons. The van der Waals surface area contributed by atoms with Crippen LogP contribution in [0.2, 0.25) is 0 Å². The number of aryl methyl sites for hydroxylation is 2. The smallest absolute Gasteiger partial charge is 0.197 e. The lowest BCUT2D eigenvalue weighted by Crippen LogP contribution is -2.41. The Morgan fingerprint density at radius 3 is 1.71 bits per heavy atom. The van der Waals surface area contributed by atoms with E-state index in [1.807, 2.05) is 0 Å². The van der Waals surface area contributed by atoms with E-state index in [0.29, 0.717) is 0 Å². The van der Waals surface area contributed by atoms with Gasteiger partial charge < -0.3 is 14.6 Å². The lowest BCUT2D eigenvalue weighted by Gasteiger charge is -2.44. The van der Waals surface area contributed by atoms with Gasteiger partial charge in [0.1, 0.15) is 11.2 Å². The lowest BCUT2D eigenvalue weighted by atomic mass is 9.57. The van der Waals surface area contributed by atoms with Crippen molar-refractivity contribution in [3.8, 4) is 22.3 Å². The average Bonchev–Trinajstić information content (AvgIpc) is 3.70. The van der Waals surface area contributed by atoms with Gasteiger partial charge in [0, 0.05) is 39.1 Å². The van der Waals surface area contributed by atoms with Gasteiger partial charge in [-0.2, -0.15) is 0 Å². The third-order valence-electron chi connectivity index (χ3n) is 18.6. The van der Waals surface area contributed by atoms with Crippen LogP contribution >= 0.6 is 0 Å². The molecule has 4 aliphatic rings. The fourth-order valence-corrected chi connectivity index (χ4v) is 13.6. The molecule has 1 aromatic heterocycles. The van der Waals surface area contributed by atoms with Gasteiger partial charge in [0.2, 0.25) is 0 Å². The SMILES string of the molecule is Cc1cc(-c2c(Nc3ccc4c(c3)C(C)(C)CCC4(C)C)ccc3c2oc2cc4c(cc23)C(C)(C)CCC4(C)C)c2c(c1)N(c1cc3c(cc1C)C(C)(C)CCC3(C)C)c1cc(-c3ccccc3)ccc1[B]2. The summed E-state index contributed by atoms with van der Waals surface area (Å²) in [6.45, 7) is 33.8. The van der Waals surface area contributed by atoms with Gasteiger partial charge in [0.25, 0.3) is 0 Å². The first-order valence-electron chi connectivity index (χ1n) is 27.0. The van der Waals surface area contributed by atoms with Gasteiger partial charge in [-0.15, -0.1) is 0 Å². The molecule has 4 heteroatoms. The zero-order chi connectivity index (χ0) is 50.7. The molecule has 1 N–H and O–H groups in total. The van der Waals surface area contributed by atoms with Crippen LogP contribution in [0, 0.1) is 13.8 Å². The molecule has 7 aromatic carbocycles. The van der Waals surface area contributed by atoms with Crippen LogP contribution in [0.5, 0.6) is 0 Å². The first-order chi connectivity index (χ1) is 33.9. The minimum Gasteiger partial charge on any atom is -0.455 e. The van der Waals surface area contributed by atoms with Gasteiger partial charge in [-0.05, 0) is 206 Å². The highest BCUT2D eigenvalue weighted by atomic mass is 16.3. The number of rotatable bonds is 5. The maximum absolute atomic E-state index is 7.43. The number of anilines is 5. The predicted molar refractivity (Wildman–Crippen MR) is 309 cm³/mol. The van der Waals surface area contributed by atoms with Gasteiger partial charge in [0.05, 0.1) is 5.69 Å². The Labute approximate surface area is 431 Å². The highest BCUT2D eigenvalue weighted by molar-refractivity contribution is 6.73. The number of hydrogen-bond acceptors (Lipinski definition) is 3. The maximum Gasteiger partial charge on any atom is 0.197 e. The summed E-state index contributed by atoms with van der Waals surface area (Å²) in [7, 11) is 2.46. The molecule has 1 radical (unpaired) electrons. The van der Waals surface area contributed by atoms with Gasteiger partial charge >= 0.3 is 0 Å². The number of hydrogen-bond donors (Lipinski definition) is 1. The number of benzene rings is 7. The predicted octanol–water partition coefficient (Wildman–Crippen LogP) is 17.8. The highest BCUT2D eigenvalue weighted by Crippen LogP contribution is 2.53. The number of nitrogens with one attached hydrogen (secondary N) is 1. The van der Waals surface area contributed by atoms with Crippen LogP contribution in [0.15, 0.2) is 120 Å². The van der Waals surface area contributed by atoms with Crippen LogP contribution in [0.25, 0.3) is 44.2 Å². The van der Waals surface area contributed by atoms with Crippen LogP contribution in [-0.2, 0) is 32.5 Å². The normalized spacial score (nSPS) is 19.4. The molecule has 0 bridgehead atoms. The Hall–Kier alpha value is -6.00. The monoisotopic (exact) mass is 946 g/mol. The van der Waals surface area contributed by atoms with E-state index in [1.165, 1.54) is 114 Å². The standard InChI is InChI=1S/C68H74BN2O/c1-40-32-47(61-58(33-40)71(57-35-43(20-24-54(57)69-61)42-18-16-15-17-19-42)56-38-52-49(34-41(56)2)64(5,6)28-30-67(52,11)12)60-55(70-44-21-23-48-50(36-44)65(7,8)27-26-63(48,3)4)25-22-45-46-37-51-53(39-59(46)72-62(45)60)68(13,14)31-29-66(51,9)10/h15-25,32-39,70H,26-31H2,1-14H3. The summed E-state index contributed by atoms with van der Waals surface area (Å²) >= 11 is 0. The molecule has 8 aromatic rings. The van der Waals surface area contributed by atoms with Gasteiger partial charge in [-0.25, -0.2) is 0 Å². The Kier molecular flexibility index (Phi) is 10.3. The summed E-state index contributed by atoms with van der Waals surface area (Å²) in [4.78, 5) is 2.61. The molecular weight excluding hydrogens is 872 g/mol. The Bertz CT molecular complexity index is 3560. The zero-order valence-electron chi connectivity index (χ0n) is 45.6. The van der Waals surface area contributed by atoms with E-state index in [4.69, 9.17) is 4.42 Å². The van der Waals surface area contributed by atoms with Gasteiger partial charge in [-0.3, -0.25) is 0 Å². The second-order valence-electron chi connectivity index (χ2n) is 26.6. The Balaban J connectivity index is 1.13. The van der Waals surface area contributed by atoms with Crippen molar-refractivity contribution in [1.82, 2.24) is 0 Å². The van der Waals surface area contributed by atoms with Crippen molar-refractivity contribution >= 4 is 68.6 Å². The van der Waals surface area contributed by atoms with Crippen molar-refractivity contribution in [2.75, 3.05) is 10.2 Å². The molecule has 0 amide bonds. The van der Waals surface area contributed by atoms with E-state index in [9.17, 15) is 0 Å². The molecule has 0 saturated heterocycles. The summed E-state index contributed by atoms with van der Waals surface area (Å²) in [5, 5.41) is 6.45. The molecule has 1 aliphatic heterocycles. The van der Waals surface area contributed by atoms with E-state index in [1.54, 1.807) is 0 Å². The third-order valence-corrected chi connectivity index (χ3v) is 18.6. The largest absolute Gasteiger partial charge is 0.455 e. The third kappa shape index (κ3) is 7.34. The fourth-order valence-electron chi connectivity index (χ4n) is 13.6. The minimum absolute atomic E-state index is 0.0489. The molecule has 0 atom stereocenters. The molecule has 0 fully saturated rings. The molecule has 2 heterocycles. The number of fused-ring (bicyclic) bond motifs is 8. The topological polar surface area (TPSA) is 28.4 Å². The number of nitrogens with zero attached hydrogens (tertiary/aromatic N) is 1. The summed E-state index contributed by atoms with van der Waals surface area (Å²) in [5.74, 6) is 0. The van der Waals surface area contributed by atoms with Crippen molar-refractivity contribution in [2.45, 2.75) is 168 Å². The van der Waals surface area contributed by atoms with Crippen LogP contribution in [-0.4, -0.2) is 7.28 Å². The van der Waals surface area contributed by atoms with Crippen molar-refractivity contribution in [3.05, 3.63) is 160 Å². The van der Waals surface area contributed by atoms with Crippen LogP contribution in [0.3, 0.4) is 0 Å². The molecule has 0 saturated carbocycles. The molecule has 0 unspecified atom stereocenters. The summed E-state index contributed by atoms with van der Waals surface area (Å²) in [6, 6.07) is 44.6. The second kappa shape index (κ2) is 15.8. The van der Waals surface area contributed by atoms with Gasteiger partial charge in [-0.1, -0.05) is 149 Å². The molecule has 72 heavy (non-hydrogen) atoms. The first-order valence-corrected chi connectivity index (χ1v) is 27.0. The van der Waals surface area contributed by atoms with Crippen LogP contribution in [0.4, 0.5) is 28.4 Å². The lowest BCUT2D eigenvalue weighted by molar-refractivity contribution is 0.332. The quantitative estimate of drug-likeness (QED) is 0.174. The number of furan rings is 1. The van der Waals surface area contributed by atoms with E-state index >= 15 is 0 Å². The summed E-state index contributed by atoms with van der Waals surface area (Å²) in [5.41, 5.74) is 26.5. The molecule has 12 rings (SSSR count). The Morgan fingerprint density at radius 1 is 0.472 bits per heavy atom. The molecule has 3 aliphatic carbocycles. The van der Waals surface area contributed by atoms with Crippen molar-refractivity contribution in [3.63, 3.8) is 0 Å². The van der Waals surface area contributed by atoms with Crippen molar-refractivity contribution in [1.29, 1.82) is 0 Å². The maximum atomic E-state index is 7.43. The second-order valence-corrected chi connectivity index (χ2v) is 26.6. The van der Waals surface area contributed by atoms with E-state index in [-0.39, 0.29) is 32.5 Å². The van der Waals surface area contributed by atoms with Crippen LogP contribution < -0.4 is 21.1 Å². The van der Waals surface area contributed by atoms with Gasteiger partial charge in [0.15, 0.2) is 7.28 Å². The Morgan fingerprint density at radius 2 is 1.06 bits per heavy atom. The average molecular weight is 946 g/mol. The molecule has 0 spiro atoms. The van der Waals surface area contributed by atoms with E-state index < -0.39 is 0 Å². The molecule has 3 nitrogen and oxygen atoms in total.